The Morgan fingerprint density at radius 3 is 2.83 bits per heavy atom. The molecule has 2 amide bonds. The van der Waals surface area contributed by atoms with Gasteiger partial charge in [-0.05, 0) is 57.6 Å². The molecule has 1 aromatic rings. The number of nitrogens with zero attached hydrogens (tertiary/aromatic N) is 2. The molecule has 1 aliphatic heterocycles. The third-order valence-electron chi connectivity index (χ3n) is 4.45. The second-order valence-electron chi connectivity index (χ2n) is 7.35. The number of hydrogen-bond acceptors (Lipinski definition) is 6. The van der Waals surface area contributed by atoms with Gasteiger partial charge in [-0.15, -0.1) is 0 Å². The van der Waals surface area contributed by atoms with Crippen molar-refractivity contribution in [3.63, 3.8) is 0 Å². The summed E-state index contributed by atoms with van der Waals surface area (Å²) in [5.41, 5.74) is 7.00. The first-order chi connectivity index (χ1) is 11.3. The molecule has 3 unspecified atom stereocenters. The van der Waals surface area contributed by atoms with Gasteiger partial charge >= 0.3 is 12.2 Å². The molecule has 0 radical (unpaired) electrons. The zero-order valence-corrected chi connectivity index (χ0v) is 14.2. The number of pyridine rings is 1. The smallest absolute Gasteiger partial charge is 0.420 e. The number of aromatic nitrogens is 1. The summed E-state index contributed by atoms with van der Waals surface area (Å²) in [6.45, 7) is 5.31. The van der Waals surface area contributed by atoms with Crippen LogP contribution >= 0.6 is 0 Å². The van der Waals surface area contributed by atoms with E-state index in [-0.39, 0.29) is 18.1 Å². The summed E-state index contributed by atoms with van der Waals surface area (Å²) in [6.07, 6.45) is 3.95. The highest BCUT2D eigenvalue weighted by atomic mass is 16.6. The first kappa shape index (κ1) is 16.5. The number of carbonyl (C=O) groups is 2. The van der Waals surface area contributed by atoms with Crippen LogP contribution in [0.1, 0.15) is 51.5 Å². The van der Waals surface area contributed by atoms with E-state index in [9.17, 15) is 9.59 Å². The number of anilines is 1. The van der Waals surface area contributed by atoms with Gasteiger partial charge in [0, 0.05) is 6.20 Å². The molecule has 1 saturated heterocycles. The highest BCUT2D eigenvalue weighted by molar-refractivity contribution is 5.90. The Bertz CT molecular complexity index is 655. The number of carbonyl (C=O) groups excluding carboxylic acids is 2. The quantitative estimate of drug-likeness (QED) is 0.848. The van der Waals surface area contributed by atoms with Gasteiger partial charge < -0.3 is 15.2 Å². The van der Waals surface area contributed by atoms with Crippen LogP contribution in [0.3, 0.4) is 0 Å². The third-order valence-corrected chi connectivity index (χ3v) is 4.45. The van der Waals surface area contributed by atoms with Crippen LogP contribution in [0.4, 0.5) is 15.3 Å². The van der Waals surface area contributed by atoms with Gasteiger partial charge in [-0.2, -0.15) is 0 Å². The Hall–Kier alpha value is -2.31. The van der Waals surface area contributed by atoms with Crippen molar-refractivity contribution >= 4 is 17.9 Å². The highest BCUT2D eigenvalue weighted by Crippen LogP contribution is 2.41. The molecule has 7 nitrogen and oxygen atoms in total. The molecule has 2 N–H and O–H groups in total. The maximum absolute atomic E-state index is 12.4. The SMILES string of the molecule is CC(C)(C)OC(=O)N1C(=O)OC2CCC(c3ccncc3N)CC21. The van der Waals surface area contributed by atoms with Gasteiger partial charge in [0.15, 0.2) is 0 Å². The van der Waals surface area contributed by atoms with Gasteiger partial charge in [0.1, 0.15) is 11.7 Å². The average Bonchev–Trinajstić information content (AvgIpc) is 2.81. The zero-order chi connectivity index (χ0) is 17.5. The predicted molar refractivity (Wildman–Crippen MR) is 87.4 cm³/mol. The van der Waals surface area contributed by atoms with Gasteiger partial charge in [0.25, 0.3) is 0 Å². The molecule has 2 aliphatic rings. The predicted octanol–water partition coefficient (Wildman–Crippen LogP) is 3.06. The first-order valence-corrected chi connectivity index (χ1v) is 8.18. The van der Waals surface area contributed by atoms with E-state index < -0.39 is 17.8 Å². The summed E-state index contributed by atoms with van der Waals surface area (Å²) in [4.78, 5) is 29.7. The van der Waals surface area contributed by atoms with Crippen LogP contribution in [0.5, 0.6) is 0 Å². The lowest BCUT2D eigenvalue weighted by atomic mass is 9.79. The Morgan fingerprint density at radius 2 is 2.17 bits per heavy atom. The fourth-order valence-corrected chi connectivity index (χ4v) is 3.44. The fraction of sp³-hybridized carbons (Fsp3) is 0.588. The summed E-state index contributed by atoms with van der Waals surface area (Å²) in [6, 6.07) is 1.58. The van der Waals surface area contributed by atoms with Crippen LogP contribution in [0, 0.1) is 0 Å². The lowest BCUT2D eigenvalue weighted by Crippen LogP contribution is -2.46. The average molecular weight is 333 g/mol. The van der Waals surface area contributed by atoms with Gasteiger partial charge in [0.05, 0.1) is 17.9 Å². The van der Waals surface area contributed by atoms with Gasteiger partial charge in [-0.25, -0.2) is 14.5 Å². The van der Waals surface area contributed by atoms with Gasteiger partial charge in [0.2, 0.25) is 0 Å². The topological polar surface area (TPSA) is 94.8 Å². The minimum atomic E-state index is -0.668. The molecule has 3 rings (SSSR count). The van der Waals surface area contributed by atoms with Crippen LogP contribution in [0.2, 0.25) is 0 Å². The normalized spacial score (nSPS) is 26.7. The summed E-state index contributed by atoms with van der Waals surface area (Å²) >= 11 is 0. The van der Waals surface area contributed by atoms with Crippen molar-refractivity contribution in [2.45, 2.75) is 63.7 Å². The highest BCUT2D eigenvalue weighted by Gasteiger charge is 2.50. The van der Waals surface area contributed by atoms with E-state index in [1.807, 2.05) is 6.07 Å². The molecular formula is C17H23N3O4. The molecule has 2 heterocycles. The zero-order valence-electron chi connectivity index (χ0n) is 14.2. The molecular weight excluding hydrogens is 310 g/mol. The Labute approximate surface area is 141 Å². The minimum Gasteiger partial charge on any atom is -0.443 e. The molecule has 130 valence electrons. The lowest BCUT2D eigenvalue weighted by Gasteiger charge is -2.33. The maximum Gasteiger partial charge on any atom is 0.420 e. The standard InChI is InChI=1S/C17H23N3O4/c1-17(2,3)24-16(22)20-13-8-10(4-5-14(13)23-15(20)21)11-6-7-19-9-12(11)18/h6-7,9-10,13-14H,4-5,8,18H2,1-3H3. The van der Waals surface area contributed by atoms with Crippen LogP contribution in [0.25, 0.3) is 0 Å². The number of hydrogen-bond donors (Lipinski definition) is 1. The summed E-state index contributed by atoms with van der Waals surface area (Å²) in [7, 11) is 0. The molecule has 0 aromatic carbocycles. The van der Waals surface area contributed by atoms with Gasteiger partial charge in [-0.3, -0.25) is 4.98 Å². The Kier molecular flexibility index (Phi) is 4.11. The molecule has 7 heteroatoms. The molecule has 0 bridgehead atoms. The summed E-state index contributed by atoms with van der Waals surface area (Å²) in [5.74, 6) is 0.161. The summed E-state index contributed by atoms with van der Waals surface area (Å²) < 4.78 is 10.7. The van der Waals surface area contributed by atoms with Crippen molar-refractivity contribution in [3.8, 4) is 0 Å². The number of ether oxygens (including phenoxy) is 2. The first-order valence-electron chi connectivity index (χ1n) is 8.18. The number of rotatable bonds is 1. The van der Waals surface area contributed by atoms with E-state index in [0.29, 0.717) is 18.5 Å². The number of amides is 2. The minimum absolute atomic E-state index is 0.161. The molecule has 2 fully saturated rings. The van der Waals surface area contributed by atoms with Crippen LogP contribution < -0.4 is 5.73 Å². The number of nitrogen functional groups attached to an aromatic ring is 1. The number of imide groups is 1. The van der Waals surface area contributed by atoms with Crippen molar-refractivity contribution in [2.24, 2.45) is 0 Å². The molecule has 1 aromatic heterocycles. The van der Waals surface area contributed by atoms with Crippen LogP contribution in [-0.2, 0) is 9.47 Å². The monoisotopic (exact) mass is 333 g/mol. The van der Waals surface area contributed by atoms with E-state index >= 15 is 0 Å². The van der Waals surface area contributed by atoms with Crippen molar-refractivity contribution in [1.82, 2.24) is 9.88 Å². The largest absolute Gasteiger partial charge is 0.443 e. The van der Waals surface area contributed by atoms with E-state index in [0.717, 1.165) is 16.9 Å². The number of nitrogens with two attached hydrogens (primary N) is 1. The van der Waals surface area contributed by atoms with Crippen LogP contribution in [-0.4, -0.2) is 39.8 Å². The Balaban J connectivity index is 1.80. The van der Waals surface area contributed by atoms with E-state index in [1.165, 1.54) is 0 Å². The maximum atomic E-state index is 12.4. The van der Waals surface area contributed by atoms with Crippen molar-refractivity contribution in [2.75, 3.05) is 5.73 Å². The van der Waals surface area contributed by atoms with Crippen molar-refractivity contribution in [1.29, 1.82) is 0 Å². The van der Waals surface area contributed by atoms with E-state index in [1.54, 1.807) is 33.2 Å². The molecule has 0 spiro atoms. The van der Waals surface area contributed by atoms with E-state index in [2.05, 4.69) is 4.98 Å². The lowest BCUT2D eigenvalue weighted by molar-refractivity contribution is 0.0263. The molecule has 1 aliphatic carbocycles. The third kappa shape index (κ3) is 3.16. The summed E-state index contributed by atoms with van der Waals surface area (Å²) in [5, 5.41) is 0. The van der Waals surface area contributed by atoms with Gasteiger partial charge in [-0.1, -0.05) is 0 Å². The fourth-order valence-electron chi connectivity index (χ4n) is 3.44. The molecule has 1 saturated carbocycles. The second kappa shape index (κ2) is 5.96. The van der Waals surface area contributed by atoms with Crippen LogP contribution in [0.15, 0.2) is 18.5 Å². The second-order valence-corrected chi connectivity index (χ2v) is 7.35. The molecule has 3 atom stereocenters. The molecule has 24 heavy (non-hydrogen) atoms. The number of fused-ring (bicyclic) bond motifs is 1. The van der Waals surface area contributed by atoms with E-state index in [4.69, 9.17) is 15.2 Å². The Morgan fingerprint density at radius 1 is 1.42 bits per heavy atom. The van der Waals surface area contributed by atoms with Crippen molar-refractivity contribution < 1.29 is 19.1 Å². The van der Waals surface area contributed by atoms with Crippen molar-refractivity contribution in [3.05, 3.63) is 24.0 Å².